The Labute approximate surface area is 141 Å². The Bertz CT molecular complexity index is 946. The number of hydrogen-bond acceptors (Lipinski definition) is 5. The zero-order valence-electron chi connectivity index (χ0n) is 12.1. The lowest BCUT2D eigenvalue weighted by molar-refractivity contribution is -0.384. The molecule has 0 aromatic heterocycles. The fraction of sp³-hybridized carbons (Fsp3) is 0.0714. The van der Waals surface area contributed by atoms with E-state index in [1.165, 1.54) is 12.1 Å². The summed E-state index contributed by atoms with van der Waals surface area (Å²) in [6.07, 6.45) is 0.927. The SMILES string of the molecule is CS(=O)(=O)c1cc(C(=O)Nc2cc([N+](=O)[O-])ccc2F)ccc1Cl. The quantitative estimate of drug-likeness (QED) is 0.655. The van der Waals surface area contributed by atoms with E-state index in [1.54, 1.807) is 0 Å². The summed E-state index contributed by atoms with van der Waals surface area (Å²) in [5, 5.41) is 12.8. The molecule has 126 valence electrons. The van der Waals surface area contributed by atoms with Crippen molar-refractivity contribution in [2.45, 2.75) is 4.90 Å². The van der Waals surface area contributed by atoms with Crippen LogP contribution in [0.1, 0.15) is 10.4 Å². The van der Waals surface area contributed by atoms with Gasteiger partial charge in [0.05, 0.1) is 20.5 Å². The van der Waals surface area contributed by atoms with Crippen LogP contribution >= 0.6 is 11.6 Å². The second-order valence-corrected chi connectivity index (χ2v) is 7.18. The highest BCUT2D eigenvalue weighted by Crippen LogP contribution is 2.25. The molecule has 2 rings (SSSR count). The Morgan fingerprint density at radius 1 is 1.25 bits per heavy atom. The van der Waals surface area contributed by atoms with Gasteiger partial charge in [0.15, 0.2) is 9.84 Å². The largest absolute Gasteiger partial charge is 0.319 e. The zero-order chi connectivity index (χ0) is 18.1. The normalized spacial score (nSPS) is 11.1. The van der Waals surface area contributed by atoms with Crippen molar-refractivity contribution in [2.24, 2.45) is 0 Å². The summed E-state index contributed by atoms with van der Waals surface area (Å²) in [4.78, 5) is 21.9. The molecule has 0 aliphatic heterocycles. The minimum absolute atomic E-state index is 0.0596. The lowest BCUT2D eigenvalue weighted by Crippen LogP contribution is -2.14. The summed E-state index contributed by atoms with van der Waals surface area (Å²) < 4.78 is 36.9. The molecule has 0 atom stereocenters. The molecule has 1 amide bonds. The monoisotopic (exact) mass is 372 g/mol. The van der Waals surface area contributed by atoms with Crippen LogP contribution in [0.2, 0.25) is 5.02 Å². The fourth-order valence-corrected chi connectivity index (χ4v) is 3.15. The van der Waals surface area contributed by atoms with E-state index in [0.29, 0.717) is 0 Å². The molecule has 10 heteroatoms. The molecule has 0 radical (unpaired) electrons. The second-order valence-electron chi connectivity index (χ2n) is 4.79. The number of halogens is 2. The number of carbonyl (C=O) groups excluding carboxylic acids is 1. The van der Waals surface area contributed by atoms with Gasteiger partial charge in [-0.2, -0.15) is 0 Å². The van der Waals surface area contributed by atoms with E-state index in [0.717, 1.165) is 30.5 Å². The van der Waals surface area contributed by atoms with Crippen LogP contribution in [-0.4, -0.2) is 25.5 Å². The van der Waals surface area contributed by atoms with Gasteiger partial charge in [-0.1, -0.05) is 11.6 Å². The van der Waals surface area contributed by atoms with Crippen LogP contribution in [0.25, 0.3) is 0 Å². The van der Waals surface area contributed by atoms with Crippen LogP contribution in [0.15, 0.2) is 41.3 Å². The number of benzene rings is 2. The van der Waals surface area contributed by atoms with Crippen molar-refractivity contribution in [3.63, 3.8) is 0 Å². The third kappa shape index (κ3) is 3.87. The predicted octanol–water partition coefficient (Wildman–Crippen LogP) is 3.04. The Morgan fingerprint density at radius 2 is 1.92 bits per heavy atom. The van der Waals surface area contributed by atoms with Crippen molar-refractivity contribution in [3.05, 3.63) is 62.9 Å². The van der Waals surface area contributed by atoms with E-state index in [2.05, 4.69) is 5.32 Å². The number of hydrogen-bond donors (Lipinski definition) is 1. The number of nitro groups is 1. The lowest BCUT2D eigenvalue weighted by atomic mass is 10.2. The van der Waals surface area contributed by atoms with Gasteiger partial charge in [-0.05, 0) is 24.3 Å². The van der Waals surface area contributed by atoms with Crippen molar-refractivity contribution in [1.29, 1.82) is 0 Å². The van der Waals surface area contributed by atoms with Gasteiger partial charge in [0.25, 0.3) is 11.6 Å². The Kier molecular flexibility index (Phi) is 4.86. The average Bonchev–Trinajstić information content (AvgIpc) is 2.48. The molecule has 7 nitrogen and oxygen atoms in total. The predicted molar refractivity (Wildman–Crippen MR) is 85.6 cm³/mol. The summed E-state index contributed by atoms with van der Waals surface area (Å²) in [5.41, 5.74) is -0.893. The van der Waals surface area contributed by atoms with Gasteiger partial charge < -0.3 is 5.32 Å². The van der Waals surface area contributed by atoms with Gasteiger partial charge in [-0.3, -0.25) is 14.9 Å². The Morgan fingerprint density at radius 3 is 2.50 bits per heavy atom. The first-order chi connectivity index (χ1) is 11.1. The number of nitrogens with zero attached hydrogens (tertiary/aromatic N) is 1. The van der Waals surface area contributed by atoms with Gasteiger partial charge in [-0.15, -0.1) is 0 Å². The van der Waals surface area contributed by atoms with Crippen LogP contribution in [0, 0.1) is 15.9 Å². The van der Waals surface area contributed by atoms with Gasteiger partial charge >= 0.3 is 0 Å². The zero-order valence-corrected chi connectivity index (χ0v) is 13.7. The standard InChI is InChI=1S/C14H10ClFN2O5S/c1-24(22,23)13-6-8(2-4-10(13)15)14(19)17-12-7-9(18(20)21)3-5-11(12)16/h2-7H,1H3,(H,17,19). The van der Waals surface area contributed by atoms with Crippen molar-refractivity contribution >= 4 is 38.7 Å². The number of nitrogens with one attached hydrogen (secondary N) is 1. The van der Waals surface area contributed by atoms with E-state index in [-0.39, 0.29) is 15.5 Å². The summed E-state index contributed by atoms with van der Waals surface area (Å²) in [7, 11) is -3.66. The van der Waals surface area contributed by atoms with Gasteiger partial charge in [0, 0.05) is 24.0 Å². The average molecular weight is 373 g/mol. The number of rotatable bonds is 4. The molecule has 0 unspecified atom stereocenters. The molecule has 0 fully saturated rings. The third-order valence-electron chi connectivity index (χ3n) is 3.00. The highest BCUT2D eigenvalue weighted by Gasteiger charge is 2.18. The summed E-state index contributed by atoms with van der Waals surface area (Å²) in [6.45, 7) is 0. The van der Waals surface area contributed by atoms with Crippen LogP contribution in [0.4, 0.5) is 15.8 Å². The summed E-state index contributed by atoms with van der Waals surface area (Å²) in [6, 6.07) is 6.17. The molecule has 0 heterocycles. The Balaban J connectivity index is 2.38. The van der Waals surface area contributed by atoms with Crippen LogP contribution < -0.4 is 5.32 Å². The molecule has 0 aliphatic rings. The van der Waals surface area contributed by atoms with Crippen molar-refractivity contribution in [3.8, 4) is 0 Å². The maximum Gasteiger partial charge on any atom is 0.271 e. The molecule has 0 spiro atoms. The maximum absolute atomic E-state index is 13.7. The second kappa shape index (κ2) is 6.54. The molecule has 24 heavy (non-hydrogen) atoms. The topological polar surface area (TPSA) is 106 Å². The van der Waals surface area contributed by atoms with E-state index in [1.807, 2.05) is 0 Å². The van der Waals surface area contributed by atoms with E-state index >= 15 is 0 Å². The summed E-state index contributed by atoms with van der Waals surface area (Å²) >= 11 is 5.78. The molecule has 2 aromatic rings. The molecule has 0 bridgehead atoms. The maximum atomic E-state index is 13.7. The first kappa shape index (κ1) is 17.8. The summed E-state index contributed by atoms with van der Waals surface area (Å²) in [5.74, 6) is -1.71. The van der Waals surface area contributed by atoms with Crippen molar-refractivity contribution in [1.82, 2.24) is 0 Å². The van der Waals surface area contributed by atoms with Gasteiger partial charge in [-0.25, -0.2) is 12.8 Å². The number of amides is 1. The number of nitro benzene ring substituents is 1. The number of non-ortho nitro benzene ring substituents is 1. The van der Waals surface area contributed by atoms with Crippen LogP contribution in [0.5, 0.6) is 0 Å². The molecular formula is C14H10ClFN2O5S. The third-order valence-corrected chi connectivity index (χ3v) is 4.58. The molecule has 2 aromatic carbocycles. The van der Waals surface area contributed by atoms with Crippen LogP contribution in [0.3, 0.4) is 0 Å². The molecule has 0 saturated carbocycles. The van der Waals surface area contributed by atoms with E-state index in [4.69, 9.17) is 11.6 Å². The first-order valence-corrected chi connectivity index (χ1v) is 8.61. The highest BCUT2D eigenvalue weighted by molar-refractivity contribution is 7.90. The van der Waals surface area contributed by atoms with E-state index < -0.39 is 37.9 Å². The number of carbonyl (C=O) groups is 1. The van der Waals surface area contributed by atoms with Crippen LogP contribution in [-0.2, 0) is 9.84 Å². The Hall–Kier alpha value is -2.52. The van der Waals surface area contributed by atoms with Gasteiger partial charge in [0.1, 0.15) is 5.82 Å². The molecule has 1 N–H and O–H groups in total. The molecular weight excluding hydrogens is 363 g/mol. The minimum atomic E-state index is -3.66. The van der Waals surface area contributed by atoms with Gasteiger partial charge in [0.2, 0.25) is 0 Å². The van der Waals surface area contributed by atoms with Crippen molar-refractivity contribution in [2.75, 3.05) is 11.6 Å². The fourth-order valence-electron chi connectivity index (χ4n) is 1.85. The lowest BCUT2D eigenvalue weighted by Gasteiger charge is -2.08. The molecule has 0 aliphatic carbocycles. The number of sulfone groups is 1. The van der Waals surface area contributed by atoms with Crippen molar-refractivity contribution < 1.29 is 22.5 Å². The number of anilines is 1. The molecule has 0 saturated heterocycles. The minimum Gasteiger partial charge on any atom is -0.319 e. The smallest absolute Gasteiger partial charge is 0.271 e. The highest BCUT2D eigenvalue weighted by atomic mass is 35.5. The van der Waals surface area contributed by atoms with E-state index in [9.17, 15) is 27.7 Å². The first-order valence-electron chi connectivity index (χ1n) is 6.34.